The molecular weight excluding hydrogens is 118 g/mol. The van der Waals surface area contributed by atoms with Crippen LogP contribution in [0.1, 0.15) is 19.8 Å². The van der Waals surface area contributed by atoms with Crippen LogP contribution in [0, 0.1) is 6.92 Å². The van der Waals surface area contributed by atoms with E-state index in [1.54, 1.807) is 0 Å². The van der Waals surface area contributed by atoms with Gasteiger partial charge in [0.2, 0.25) is 5.91 Å². The number of hydrogen-bond donors (Lipinski definition) is 2. The molecule has 0 saturated carbocycles. The number of nitrogens with one attached hydrogen (secondary N) is 1. The van der Waals surface area contributed by atoms with E-state index in [-0.39, 0.29) is 5.91 Å². The van der Waals surface area contributed by atoms with Crippen molar-refractivity contribution in [1.29, 1.82) is 0 Å². The van der Waals surface area contributed by atoms with Crippen LogP contribution in [-0.2, 0) is 4.79 Å². The largest absolute Gasteiger partial charge is 0.374 e. The Bertz CT molecular complexity index is 91.1. The molecule has 0 aromatic heterocycles. The van der Waals surface area contributed by atoms with Crippen LogP contribution in [0.15, 0.2) is 0 Å². The monoisotopic (exact) mass is 130 g/mol. The molecule has 0 spiro atoms. The number of carbonyl (C=O) groups excluding carboxylic acids is 1. The first-order valence-electron chi connectivity index (χ1n) is 2.97. The molecule has 53 valence electrons. The average molecular weight is 130 g/mol. The van der Waals surface area contributed by atoms with E-state index in [1.165, 1.54) is 0 Å². The van der Waals surface area contributed by atoms with Crippen molar-refractivity contribution in [2.75, 3.05) is 0 Å². The molecular formula is C6H12NO2. The van der Waals surface area contributed by atoms with Crippen molar-refractivity contribution in [2.45, 2.75) is 26.0 Å². The van der Waals surface area contributed by atoms with Gasteiger partial charge in [-0.05, 0) is 13.3 Å². The molecule has 0 aliphatic rings. The fourth-order valence-corrected chi connectivity index (χ4v) is 0.485. The molecule has 9 heavy (non-hydrogen) atoms. The fourth-order valence-electron chi connectivity index (χ4n) is 0.485. The van der Waals surface area contributed by atoms with Gasteiger partial charge >= 0.3 is 0 Å². The Morgan fingerprint density at radius 3 is 2.78 bits per heavy atom. The Kier molecular flexibility index (Phi) is 4.05. The summed E-state index contributed by atoms with van der Waals surface area (Å²) in [6, 6.07) is 0. The second-order valence-electron chi connectivity index (χ2n) is 1.83. The topological polar surface area (TPSA) is 49.3 Å². The van der Waals surface area contributed by atoms with E-state index >= 15 is 0 Å². The normalized spacial score (nSPS) is 12.8. The van der Waals surface area contributed by atoms with Gasteiger partial charge in [-0.1, -0.05) is 6.92 Å². The van der Waals surface area contributed by atoms with Crippen molar-refractivity contribution in [3.8, 4) is 0 Å². The molecule has 3 heteroatoms. The minimum absolute atomic E-state index is 0.153. The van der Waals surface area contributed by atoms with Crippen LogP contribution in [0.2, 0.25) is 0 Å². The van der Waals surface area contributed by atoms with Gasteiger partial charge in [-0.15, -0.1) is 0 Å². The maximum Gasteiger partial charge on any atom is 0.221 e. The summed E-state index contributed by atoms with van der Waals surface area (Å²) in [5.41, 5.74) is 0. The van der Waals surface area contributed by atoms with Crippen LogP contribution < -0.4 is 5.32 Å². The Labute approximate surface area is 55.1 Å². The third-order valence-corrected chi connectivity index (χ3v) is 0.805. The van der Waals surface area contributed by atoms with E-state index in [0.717, 1.165) is 6.42 Å². The Morgan fingerprint density at radius 1 is 1.89 bits per heavy atom. The zero-order valence-corrected chi connectivity index (χ0v) is 5.55. The predicted molar refractivity (Wildman–Crippen MR) is 34.4 cm³/mol. The van der Waals surface area contributed by atoms with Crippen molar-refractivity contribution < 1.29 is 9.90 Å². The molecule has 0 aliphatic carbocycles. The minimum Gasteiger partial charge on any atom is -0.374 e. The first-order valence-corrected chi connectivity index (χ1v) is 2.97. The molecule has 0 heterocycles. The number of hydrogen-bond acceptors (Lipinski definition) is 2. The third-order valence-electron chi connectivity index (χ3n) is 0.805. The van der Waals surface area contributed by atoms with Gasteiger partial charge in [0, 0.05) is 6.42 Å². The number of aliphatic hydroxyl groups is 1. The number of amides is 1. The highest BCUT2D eigenvalue weighted by Crippen LogP contribution is 1.85. The summed E-state index contributed by atoms with van der Waals surface area (Å²) in [7, 11) is 0. The molecule has 0 aromatic rings. The van der Waals surface area contributed by atoms with Gasteiger partial charge in [0.05, 0.1) is 0 Å². The Hall–Kier alpha value is -0.570. The highest BCUT2D eigenvalue weighted by Gasteiger charge is 2.00. The van der Waals surface area contributed by atoms with Crippen molar-refractivity contribution in [3.05, 3.63) is 6.92 Å². The quantitative estimate of drug-likeness (QED) is 0.530. The zero-order valence-electron chi connectivity index (χ0n) is 5.55. The summed E-state index contributed by atoms with van der Waals surface area (Å²) in [6.07, 6.45) is 0.273. The zero-order chi connectivity index (χ0) is 7.28. The lowest BCUT2D eigenvalue weighted by molar-refractivity contribution is -0.123. The van der Waals surface area contributed by atoms with Gasteiger partial charge in [-0.3, -0.25) is 4.79 Å². The van der Waals surface area contributed by atoms with Crippen molar-refractivity contribution in [1.82, 2.24) is 5.32 Å². The highest BCUT2D eigenvalue weighted by molar-refractivity contribution is 5.75. The predicted octanol–water partition coefficient (Wildman–Crippen LogP) is 0.0552. The molecule has 1 radical (unpaired) electrons. The van der Waals surface area contributed by atoms with Crippen molar-refractivity contribution in [3.63, 3.8) is 0 Å². The van der Waals surface area contributed by atoms with E-state index < -0.39 is 6.23 Å². The van der Waals surface area contributed by atoms with Gasteiger partial charge in [-0.2, -0.15) is 0 Å². The fraction of sp³-hybridized carbons (Fsp3) is 0.667. The summed E-state index contributed by atoms with van der Waals surface area (Å²) in [5, 5.41) is 10.8. The van der Waals surface area contributed by atoms with E-state index in [0.29, 0.717) is 6.42 Å². The van der Waals surface area contributed by atoms with Crippen LogP contribution in [-0.4, -0.2) is 17.2 Å². The average Bonchev–Trinajstić information content (AvgIpc) is 1.63. The molecule has 0 fully saturated rings. The van der Waals surface area contributed by atoms with E-state index in [9.17, 15) is 4.79 Å². The Morgan fingerprint density at radius 2 is 2.44 bits per heavy atom. The molecule has 0 aliphatic heterocycles. The molecule has 0 bridgehead atoms. The van der Waals surface area contributed by atoms with Crippen LogP contribution in [0.5, 0.6) is 0 Å². The van der Waals surface area contributed by atoms with Crippen molar-refractivity contribution in [2.24, 2.45) is 0 Å². The summed E-state index contributed by atoms with van der Waals surface area (Å²) < 4.78 is 0. The van der Waals surface area contributed by atoms with Gasteiger partial charge in [-0.25, -0.2) is 0 Å². The second kappa shape index (κ2) is 4.32. The van der Waals surface area contributed by atoms with Crippen LogP contribution in [0.4, 0.5) is 0 Å². The molecule has 0 saturated heterocycles. The summed E-state index contributed by atoms with van der Waals surface area (Å²) >= 11 is 0. The van der Waals surface area contributed by atoms with Gasteiger partial charge < -0.3 is 10.4 Å². The van der Waals surface area contributed by atoms with Crippen molar-refractivity contribution >= 4 is 5.91 Å². The molecule has 1 unspecified atom stereocenters. The lowest BCUT2D eigenvalue weighted by Crippen LogP contribution is -2.31. The van der Waals surface area contributed by atoms with Crippen LogP contribution in [0.3, 0.4) is 0 Å². The third kappa shape index (κ3) is 5.30. The second-order valence-corrected chi connectivity index (χ2v) is 1.83. The van der Waals surface area contributed by atoms with Gasteiger partial charge in [0.15, 0.2) is 0 Å². The Balaban J connectivity index is 3.27. The van der Waals surface area contributed by atoms with E-state index in [1.807, 2.05) is 6.92 Å². The highest BCUT2D eigenvalue weighted by atomic mass is 16.3. The van der Waals surface area contributed by atoms with Gasteiger partial charge in [0.25, 0.3) is 0 Å². The maximum absolute atomic E-state index is 10.5. The number of carbonyl (C=O) groups is 1. The molecule has 1 amide bonds. The lowest BCUT2D eigenvalue weighted by atomic mass is 10.3. The molecule has 0 aromatic carbocycles. The SMILES string of the molecule is [CH2]C(O)NC(=O)CCC. The molecule has 0 rings (SSSR count). The molecule has 2 N–H and O–H groups in total. The molecule has 3 nitrogen and oxygen atoms in total. The van der Waals surface area contributed by atoms with Gasteiger partial charge in [0.1, 0.15) is 6.23 Å². The summed E-state index contributed by atoms with van der Waals surface area (Å²) in [4.78, 5) is 10.5. The van der Waals surface area contributed by atoms with E-state index in [4.69, 9.17) is 5.11 Å². The first-order chi connectivity index (χ1) is 4.16. The lowest BCUT2D eigenvalue weighted by Gasteiger charge is -2.04. The summed E-state index contributed by atoms with van der Waals surface area (Å²) in [5.74, 6) is -0.153. The van der Waals surface area contributed by atoms with Crippen LogP contribution >= 0.6 is 0 Å². The first kappa shape index (κ1) is 8.43. The summed E-state index contributed by atoms with van der Waals surface area (Å²) in [6.45, 7) is 5.08. The van der Waals surface area contributed by atoms with Crippen LogP contribution in [0.25, 0.3) is 0 Å². The maximum atomic E-state index is 10.5. The standard InChI is InChI=1S/C6H12NO2/c1-3-4-6(9)7-5(2)8/h5,8H,2-4H2,1H3,(H,7,9). The number of aliphatic hydroxyl groups excluding tert-OH is 1. The van der Waals surface area contributed by atoms with E-state index in [2.05, 4.69) is 12.2 Å². The minimum atomic E-state index is -0.968. The number of rotatable bonds is 3. The smallest absolute Gasteiger partial charge is 0.221 e. The molecule has 1 atom stereocenters.